The Labute approximate surface area is 211 Å². The predicted molar refractivity (Wildman–Crippen MR) is 140 cm³/mol. The van der Waals surface area contributed by atoms with Crippen LogP contribution in [0.25, 0.3) is 5.69 Å². The van der Waals surface area contributed by atoms with Gasteiger partial charge in [0.15, 0.2) is 0 Å². The lowest BCUT2D eigenvalue weighted by molar-refractivity contribution is -0.116. The van der Waals surface area contributed by atoms with Crippen LogP contribution in [0.1, 0.15) is 39.8 Å². The second-order valence-electron chi connectivity index (χ2n) is 9.18. The Bertz CT molecular complexity index is 1150. The zero-order valence-electron chi connectivity index (χ0n) is 20.8. The number of rotatable bonds is 8. The van der Waals surface area contributed by atoms with Crippen molar-refractivity contribution in [2.75, 3.05) is 30.8 Å². The van der Waals surface area contributed by atoms with E-state index in [9.17, 15) is 9.59 Å². The first-order valence-corrected chi connectivity index (χ1v) is 11.8. The normalized spacial score (nSPS) is 11.1. The van der Waals surface area contributed by atoms with Crippen LogP contribution in [0.4, 0.5) is 16.3 Å². The number of nitrogens with zero attached hydrogens (tertiary/aromatic N) is 3. The highest BCUT2D eigenvalue weighted by Crippen LogP contribution is 2.27. The van der Waals surface area contributed by atoms with E-state index in [0.717, 1.165) is 17.1 Å². The molecule has 0 aliphatic carbocycles. The maximum atomic E-state index is 13.0. The van der Waals surface area contributed by atoms with Crippen LogP contribution in [-0.2, 0) is 10.2 Å². The number of urea groups is 1. The highest BCUT2D eigenvalue weighted by atomic mass is 35.5. The lowest BCUT2D eigenvalue weighted by atomic mass is 9.92. The molecule has 3 aromatic rings. The van der Waals surface area contributed by atoms with E-state index in [-0.39, 0.29) is 23.9 Å². The summed E-state index contributed by atoms with van der Waals surface area (Å²) in [5.41, 5.74) is 1.99. The fraction of sp³-hybridized carbons (Fsp3) is 0.346. The van der Waals surface area contributed by atoms with Gasteiger partial charge in [-0.25, -0.2) is 9.48 Å². The number of methoxy groups -OCH3 is 1. The van der Waals surface area contributed by atoms with Crippen LogP contribution in [0.15, 0.2) is 54.6 Å². The molecule has 0 unspecified atom stereocenters. The van der Waals surface area contributed by atoms with Gasteiger partial charge in [0.1, 0.15) is 18.1 Å². The summed E-state index contributed by atoms with van der Waals surface area (Å²) in [6.07, 6.45) is 0.708. The molecule has 8 nitrogen and oxygen atoms in total. The Balaban J connectivity index is 1.79. The molecule has 0 saturated heterocycles. The van der Waals surface area contributed by atoms with Gasteiger partial charge < -0.3 is 20.3 Å². The Kier molecular flexibility index (Phi) is 8.40. The van der Waals surface area contributed by atoms with Crippen molar-refractivity contribution in [2.24, 2.45) is 0 Å². The van der Waals surface area contributed by atoms with Gasteiger partial charge >= 0.3 is 6.03 Å². The Morgan fingerprint density at radius 3 is 2.29 bits per heavy atom. The quantitative estimate of drug-likeness (QED) is 0.417. The number of ether oxygens (including phenoxy) is 1. The van der Waals surface area contributed by atoms with Gasteiger partial charge in [0.25, 0.3) is 0 Å². The van der Waals surface area contributed by atoms with E-state index in [1.807, 2.05) is 37.3 Å². The summed E-state index contributed by atoms with van der Waals surface area (Å²) in [7, 11) is 1.61. The molecule has 186 valence electrons. The van der Waals surface area contributed by atoms with Gasteiger partial charge in [-0.3, -0.25) is 4.79 Å². The van der Waals surface area contributed by atoms with Crippen molar-refractivity contribution in [1.29, 1.82) is 0 Å². The second kappa shape index (κ2) is 11.3. The van der Waals surface area contributed by atoms with Crippen LogP contribution in [0.5, 0.6) is 5.75 Å². The standard InChI is InChI=1S/C26H32ClN5O3/c1-6-15-31(25(34)28-19-9-7-18(27)8-10-19)17-24(33)29-23-16-22(26(2,3)4)30-32(23)20-11-13-21(35-5)14-12-20/h7-14,16H,6,15,17H2,1-5H3,(H,28,34)(H,29,33). The number of hydrogen-bond acceptors (Lipinski definition) is 4. The molecule has 1 aromatic heterocycles. The summed E-state index contributed by atoms with van der Waals surface area (Å²) in [5.74, 6) is 0.934. The molecule has 0 saturated carbocycles. The summed E-state index contributed by atoms with van der Waals surface area (Å²) in [6.45, 7) is 8.45. The van der Waals surface area contributed by atoms with Gasteiger partial charge in [0, 0.05) is 28.7 Å². The Morgan fingerprint density at radius 1 is 1.06 bits per heavy atom. The number of amides is 3. The highest BCUT2D eigenvalue weighted by Gasteiger charge is 2.23. The smallest absolute Gasteiger partial charge is 0.322 e. The molecule has 2 N–H and O–H groups in total. The van der Waals surface area contributed by atoms with Gasteiger partial charge in [-0.2, -0.15) is 5.10 Å². The highest BCUT2D eigenvalue weighted by molar-refractivity contribution is 6.30. The maximum absolute atomic E-state index is 13.0. The number of carbonyl (C=O) groups excluding carboxylic acids is 2. The van der Waals surface area contributed by atoms with E-state index in [2.05, 4.69) is 31.4 Å². The summed E-state index contributed by atoms with van der Waals surface area (Å²) < 4.78 is 6.94. The molecule has 0 aliphatic heterocycles. The Hall–Kier alpha value is -3.52. The van der Waals surface area contributed by atoms with Crippen molar-refractivity contribution < 1.29 is 14.3 Å². The van der Waals surface area contributed by atoms with Crippen LogP contribution in [0.2, 0.25) is 5.02 Å². The number of halogens is 1. The first-order valence-electron chi connectivity index (χ1n) is 11.5. The molecular weight excluding hydrogens is 466 g/mol. The average Bonchev–Trinajstić information content (AvgIpc) is 3.24. The molecular formula is C26H32ClN5O3. The molecule has 3 rings (SSSR count). The molecule has 3 amide bonds. The van der Waals surface area contributed by atoms with Gasteiger partial charge in [-0.15, -0.1) is 0 Å². The lowest BCUT2D eigenvalue weighted by Gasteiger charge is -2.22. The molecule has 2 aromatic carbocycles. The topological polar surface area (TPSA) is 88.5 Å². The van der Waals surface area contributed by atoms with Crippen LogP contribution >= 0.6 is 11.6 Å². The molecule has 0 radical (unpaired) electrons. The number of anilines is 2. The molecule has 1 heterocycles. The van der Waals surface area contributed by atoms with Crippen molar-refractivity contribution >= 4 is 35.0 Å². The lowest BCUT2D eigenvalue weighted by Crippen LogP contribution is -2.41. The van der Waals surface area contributed by atoms with E-state index in [0.29, 0.717) is 29.5 Å². The van der Waals surface area contributed by atoms with Crippen LogP contribution in [-0.4, -0.2) is 46.8 Å². The minimum absolute atomic E-state index is 0.105. The fourth-order valence-corrected chi connectivity index (χ4v) is 3.50. The van der Waals surface area contributed by atoms with Crippen molar-refractivity contribution in [3.8, 4) is 11.4 Å². The largest absolute Gasteiger partial charge is 0.497 e. The van der Waals surface area contributed by atoms with Crippen molar-refractivity contribution in [1.82, 2.24) is 14.7 Å². The number of carbonyl (C=O) groups is 2. The van der Waals surface area contributed by atoms with E-state index >= 15 is 0 Å². The minimum Gasteiger partial charge on any atom is -0.497 e. The van der Waals surface area contributed by atoms with Gasteiger partial charge in [-0.05, 0) is 55.0 Å². The molecule has 35 heavy (non-hydrogen) atoms. The van der Waals surface area contributed by atoms with E-state index < -0.39 is 0 Å². The number of hydrogen-bond donors (Lipinski definition) is 2. The summed E-state index contributed by atoms with van der Waals surface area (Å²) in [6, 6.07) is 15.7. The number of nitrogens with one attached hydrogen (secondary N) is 2. The third-order valence-electron chi connectivity index (χ3n) is 5.27. The van der Waals surface area contributed by atoms with Crippen LogP contribution in [0.3, 0.4) is 0 Å². The molecule has 0 atom stereocenters. The monoisotopic (exact) mass is 497 g/mol. The summed E-state index contributed by atoms with van der Waals surface area (Å²) >= 11 is 5.92. The van der Waals surface area contributed by atoms with Crippen molar-refractivity contribution in [2.45, 2.75) is 39.5 Å². The van der Waals surface area contributed by atoms with Crippen LogP contribution in [0, 0.1) is 0 Å². The first kappa shape index (κ1) is 26.1. The number of benzene rings is 2. The maximum Gasteiger partial charge on any atom is 0.322 e. The van der Waals surface area contributed by atoms with Crippen LogP contribution < -0.4 is 15.4 Å². The van der Waals surface area contributed by atoms with Gasteiger partial charge in [0.05, 0.1) is 18.5 Å². The molecule has 0 aliphatic rings. The second-order valence-corrected chi connectivity index (χ2v) is 9.62. The minimum atomic E-state index is -0.358. The third kappa shape index (κ3) is 6.99. The third-order valence-corrected chi connectivity index (χ3v) is 5.52. The summed E-state index contributed by atoms with van der Waals surface area (Å²) in [5, 5.41) is 11.1. The molecule has 0 fully saturated rings. The molecule has 0 spiro atoms. The van der Waals surface area contributed by atoms with Gasteiger partial charge in [0.2, 0.25) is 5.91 Å². The van der Waals surface area contributed by atoms with E-state index in [1.54, 1.807) is 36.1 Å². The SMILES string of the molecule is CCCN(CC(=O)Nc1cc(C(C)(C)C)nn1-c1ccc(OC)cc1)C(=O)Nc1ccc(Cl)cc1. The zero-order chi connectivity index (χ0) is 25.6. The zero-order valence-corrected chi connectivity index (χ0v) is 21.5. The molecule has 0 bridgehead atoms. The average molecular weight is 498 g/mol. The number of aromatic nitrogens is 2. The molecule has 9 heteroatoms. The van der Waals surface area contributed by atoms with Gasteiger partial charge in [-0.1, -0.05) is 39.3 Å². The predicted octanol–water partition coefficient (Wildman–Crippen LogP) is 5.71. The van der Waals surface area contributed by atoms with Crippen molar-refractivity contribution in [3.05, 3.63) is 65.3 Å². The fourth-order valence-electron chi connectivity index (χ4n) is 3.37. The van der Waals surface area contributed by atoms with E-state index in [4.69, 9.17) is 21.4 Å². The first-order chi connectivity index (χ1) is 16.6. The Morgan fingerprint density at radius 2 is 1.71 bits per heavy atom. The summed E-state index contributed by atoms with van der Waals surface area (Å²) in [4.78, 5) is 27.3. The van der Waals surface area contributed by atoms with Crippen molar-refractivity contribution in [3.63, 3.8) is 0 Å². The van der Waals surface area contributed by atoms with E-state index in [1.165, 1.54) is 4.90 Å².